The van der Waals surface area contributed by atoms with Crippen LogP contribution in [0.15, 0.2) is 20.8 Å². The van der Waals surface area contributed by atoms with Crippen molar-refractivity contribution in [1.29, 1.82) is 5.26 Å². The molecule has 0 saturated heterocycles. The monoisotopic (exact) mass is 431 g/mol. The van der Waals surface area contributed by atoms with E-state index in [2.05, 4.69) is 25.5 Å². The van der Waals surface area contributed by atoms with Crippen LogP contribution in [-0.2, 0) is 41.2 Å². The number of hydrogen-bond acceptors (Lipinski definition) is 6. The van der Waals surface area contributed by atoms with E-state index in [4.69, 9.17) is 5.26 Å². The maximum atomic E-state index is 13.3. The van der Waals surface area contributed by atoms with E-state index in [-0.39, 0.29) is 4.21 Å². The minimum atomic E-state index is -3.55. The van der Waals surface area contributed by atoms with Crippen LogP contribution in [0.4, 0.5) is 10.5 Å². The number of amides is 2. The maximum Gasteiger partial charge on any atom is 0.355 e. The predicted octanol–water partition coefficient (Wildman–Crippen LogP) is 3.00. The second-order valence-electron chi connectivity index (χ2n) is 7.69. The highest BCUT2D eigenvalue weighted by Crippen LogP contribution is 2.39. The molecule has 0 unspecified atom stereocenters. The van der Waals surface area contributed by atoms with Crippen LogP contribution < -0.4 is 10.0 Å². The minimum absolute atomic E-state index is 0.109. The van der Waals surface area contributed by atoms with Crippen molar-refractivity contribution >= 4 is 33.0 Å². The Balaban J connectivity index is 1.69. The van der Waals surface area contributed by atoms with Crippen molar-refractivity contribution in [2.24, 2.45) is 4.36 Å². The Bertz CT molecular complexity index is 1160. The molecule has 2 aromatic rings. The topological polar surface area (TPSA) is 127 Å². The zero-order valence-corrected chi connectivity index (χ0v) is 17.7. The van der Waals surface area contributed by atoms with Crippen molar-refractivity contribution in [1.82, 2.24) is 9.71 Å². The first-order valence-electron chi connectivity index (χ1n) is 9.30. The molecule has 0 bridgehead atoms. The molecule has 29 heavy (non-hydrogen) atoms. The number of nitriles is 1. The summed E-state index contributed by atoms with van der Waals surface area (Å²) < 4.78 is 19.3. The van der Waals surface area contributed by atoms with Crippen LogP contribution in [0.1, 0.15) is 47.5 Å². The van der Waals surface area contributed by atoms with Gasteiger partial charge in [-0.15, -0.1) is 15.7 Å². The first kappa shape index (κ1) is 19.8. The molecule has 10 heteroatoms. The first-order chi connectivity index (χ1) is 13.7. The van der Waals surface area contributed by atoms with Crippen LogP contribution in [0.2, 0.25) is 0 Å². The van der Waals surface area contributed by atoms with E-state index in [1.165, 1.54) is 17.3 Å². The van der Waals surface area contributed by atoms with Gasteiger partial charge in [-0.05, 0) is 68.2 Å². The van der Waals surface area contributed by atoms with Gasteiger partial charge in [-0.1, -0.05) is 6.07 Å². The standard InChI is InChI=1S/C19H21N5O3S2/c1-19(2,26)17-21-9-15(28-17)29(27,22-10-20)24-18(25)23-16-13-5-3-4-11(13)8-12-6-7-14(12)16/h8-9,26H,3-7H2,1-2H3,(H2,22,23,24,25,27)/t29-/m1/s1. The fraction of sp³-hybridized carbons (Fsp3) is 0.421. The third-order valence-electron chi connectivity index (χ3n) is 5.15. The van der Waals surface area contributed by atoms with Gasteiger partial charge in [0.25, 0.3) is 0 Å². The Morgan fingerprint density at radius 1 is 1.31 bits per heavy atom. The zero-order valence-electron chi connectivity index (χ0n) is 16.1. The van der Waals surface area contributed by atoms with E-state index in [0.29, 0.717) is 5.01 Å². The molecule has 1 aromatic carbocycles. The number of fused-ring (bicyclic) bond motifs is 2. The van der Waals surface area contributed by atoms with E-state index < -0.39 is 21.5 Å². The molecule has 0 aliphatic heterocycles. The number of benzene rings is 1. The summed E-state index contributed by atoms with van der Waals surface area (Å²) in [4.78, 5) is 16.8. The number of nitrogens with one attached hydrogen (secondary N) is 2. The molecule has 152 valence electrons. The number of aryl methyl sites for hydroxylation is 2. The van der Waals surface area contributed by atoms with E-state index in [0.717, 1.165) is 60.3 Å². The molecule has 0 spiro atoms. The van der Waals surface area contributed by atoms with Crippen LogP contribution in [0.3, 0.4) is 0 Å². The molecule has 1 atom stereocenters. The lowest BCUT2D eigenvalue weighted by Gasteiger charge is -2.25. The van der Waals surface area contributed by atoms with Gasteiger partial charge in [0.2, 0.25) is 0 Å². The summed E-state index contributed by atoms with van der Waals surface area (Å²) in [6.45, 7) is 3.10. The molecular formula is C19H21N5O3S2. The summed E-state index contributed by atoms with van der Waals surface area (Å²) in [6.07, 6.45) is 7.72. The van der Waals surface area contributed by atoms with Gasteiger partial charge in [-0.2, -0.15) is 5.26 Å². The molecular weight excluding hydrogens is 410 g/mol. The number of hydrogen-bond donors (Lipinski definition) is 3. The molecule has 0 radical (unpaired) electrons. The van der Waals surface area contributed by atoms with Gasteiger partial charge in [0.1, 0.15) is 14.8 Å². The molecule has 3 N–H and O–H groups in total. The first-order valence-corrected chi connectivity index (χ1v) is 11.6. The fourth-order valence-electron chi connectivity index (χ4n) is 3.69. The van der Waals surface area contributed by atoms with Crippen molar-refractivity contribution in [3.8, 4) is 6.19 Å². The highest BCUT2D eigenvalue weighted by atomic mass is 32.2. The summed E-state index contributed by atoms with van der Waals surface area (Å²) in [5.41, 5.74) is 4.31. The Hall–Kier alpha value is -2.48. The van der Waals surface area contributed by atoms with Crippen LogP contribution in [0.5, 0.6) is 0 Å². The molecule has 2 aliphatic carbocycles. The normalized spacial score (nSPS) is 16.6. The molecule has 1 aromatic heterocycles. The van der Waals surface area contributed by atoms with Gasteiger partial charge in [0, 0.05) is 5.69 Å². The predicted molar refractivity (Wildman–Crippen MR) is 110 cm³/mol. The number of aliphatic hydroxyl groups is 1. The second-order valence-corrected chi connectivity index (χ2v) is 10.9. The van der Waals surface area contributed by atoms with Crippen LogP contribution in [0.25, 0.3) is 0 Å². The van der Waals surface area contributed by atoms with E-state index in [1.807, 2.05) is 0 Å². The Morgan fingerprint density at radius 2 is 2.03 bits per heavy atom. The molecule has 0 fully saturated rings. The van der Waals surface area contributed by atoms with Crippen molar-refractivity contribution < 1.29 is 14.1 Å². The molecule has 8 nitrogen and oxygen atoms in total. The maximum absolute atomic E-state index is 13.3. The average molecular weight is 432 g/mol. The quantitative estimate of drug-likeness (QED) is 0.506. The number of urea groups is 1. The third kappa shape index (κ3) is 3.61. The Kier molecular flexibility index (Phi) is 4.85. The smallest absolute Gasteiger partial charge is 0.355 e. The van der Waals surface area contributed by atoms with Gasteiger partial charge in [0.05, 0.1) is 6.20 Å². The Morgan fingerprint density at radius 3 is 2.66 bits per heavy atom. The molecule has 1 heterocycles. The molecule has 2 aliphatic rings. The summed E-state index contributed by atoms with van der Waals surface area (Å²) in [5, 5.41) is 22.3. The van der Waals surface area contributed by atoms with Crippen LogP contribution >= 0.6 is 11.3 Å². The lowest BCUT2D eigenvalue weighted by molar-refractivity contribution is 0.0783. The number of carbonyl (C=O) groups excluding carboxylic acids is 1. The van der Waals surface area contributed by atoms with Gasteiger partial charge < -0.3 is 10.4 Å². The van der Waals surface area contributed by atoms with Crippen LogP contribution in [-0.4, -0.2) is 20.3 Å². The van der Waals surface area contributed by atoms with E-state index in [9.17, 15) is 14.1 Å². The van der Waals surface area contributed by atoms with Gasteiger partial charge in [-0.3, -0.25) is 0 Å². The van der Waals surface area contributed by atoms with E-state index in [1.54, 1.807) is 20.0 Å². The van der Waals surface area contributed by atoms with Crippen molar-refractivity contribution in [3.63, 3.8) is 0 Å². The number of aromatic nitrogens is 1. The fourth-order valence-corrected chi connectivity index (χ4v) is 6.10. The van der Waals surface area contributed by atoms with Crippen molar-refractivity contribution in [3.05, 3.63) is 39.5 Å². The van der Waals surface area contributed by atoms with E-state index >= 15 is 0 Å². The van der Waals surface area contributed by atoms with Crippen molar-refractivity contribution in [2.45, 2.75) is 55.8 Å². The Labute approximate surface area is 173 Å². The highest BCUT2D eigenvalue weighted by Gasteiger charge is 2.28. The van der Waals surface area contributed by atoms with Crippen molar-refractivity contribution in [2.75, 3.05) is 5.32 Å². The number of rotatable bonds is 4. The molecule has 2 amide bonds. The minimum Gasteiger partial charge on any atom is -0.383 e. The van der Waals surface area contributed by atoms with Crippen LogP contribution in [0, 0.1) is 11.5 Å². The summed E-state index contributed by atoms with van der Waals surface area (Å²) in [6, 6.07) is 1.45. The summed E-state index contributed by atoms with van der Waals surface area (Å²) >= 11 is 0.948. The van der Waals surface area contributed by atoms with Gasteiger partial charge in [0.15, 0.2) is 16.1 Å². The summed E-state index contributed by atoms with van der Waals surface area (Å²) in [5.74, 6) is 0. The lowest BCUT2D eigenvalue weighted by Crippen LogP contribution is -2.22. The SMILES string of the molecule is CC(C)(O)c1ncc([S@](=O)(=NC(=O)Nc2c3c(cc4c2CC4)CCC3)NC#N)s1. The highest BCUT2D eigenvalue weighted by molar-refractivity contribution is 7.94. The molecule has 4 rings (SSSR count). The largest absolute Gasteiger partial charge is 0.383 e. The van der Waals surface area contributed by atoms with Gasteiger partial charge in [-0.25, -0.2) is 18.7 Å². The number of anilines is 1. The zero-order chi connectivity index (χ0) is 20.8. The number of carbonyl (C=O) groups is 1. The van der Waals surface area contributed by atoms with Gasteiger partial charge >= 0.3 is 6.03 Å². The summed E-state index contributed by atoms with van der Waals surface area (Å²) in [7, 11) is -3.55. The third-order valence-corrected chi connectivity index (χ3v) is 8.63. The number of nitrogens with zero attached hydrogens (tertiary/aromatic N) is 3. The second kappa shape index (κ2) is 7.09. The lowest BCUT2D eigenvalue weighted by atomic mass is 9.83. The molecule has 0 saturated carbocycles. The number of thiazole rings is 1. The average Bonchev–Trinajstić information content (AvgIpc) is 3.26.